The van der Waals surface area contributed by atoms with E-state index in [-0.39, 0.29) is 5.82 Å². The maximum atomic E-state index is 10.9. The second-order valence-electron chi connectivity index (χ2n) is 5.07. The molecule has 1 aromatic carbocycles. The smallest absolute Gasteiger partial charge is 0.375 e. The van der Waals surface area contributed by atoms with Crippen LogP contribution in [0, 0.1) is 6.92 Å². The van der Waals surface area contributed by atoms with Gasteiger partial charge in [0.05, 0.1) is 5.69 Å². The first-order chi connectivity index (χ1) is 9.86. The maximum absolute atomic E-state index is 10.9. The predicted octanol–water partition coefficient (Wildman–Crippen LogP) is 2.03. The van der Waals surface area contributed by atoms with Gasteiger partial charge >= 0.3 is 5.97 Å². The summed E-state index contributed by atoms with van der Waals surface area (Å²) in [5.74, 6) is -0.859. The zero-order chi connectivity index (χ0) is 15.6. The van der Waals surface area contributed by atoms with E-state index in [2.05, 4.69) is 15.0 Å². The van der Waals surface area contributed by atoms with Crippen LogP contribution in [0.15, 0.2) is 18.2 Å². The Bertz CT molecular complexity index is 667. The average Bonchev–Trinajstić information content (AvgIpc) is 2.78. The fourth-order valence-corrected chi connectivity index (χ4v) is 2.23. The molecule has 0 unspecified atom stereocenters. The second-order valence-corrected chi connectivity index (χ2v) is 5.51. The molecular weight excluding hydrogens is 292 g/mol. The summed E-state index contributed by atoms with van der Waals surface area (Å²) in [6, 6.07) is 5.59. The SMILES string of the molecule is Cc1nc(C(=O)O)nn1-c1cc(Cl)cc(CCN(C)C)c1. The Balaban J connectivity index is 2.37. The number of rotatable bonds is 5. The molecule has 0 saturated carbocycles. The summed E-state index contributed by atoms with van der Waals surface area (Å²) in [5, 5.41) is 13.5. The molecular formula is C14H17ClN4O2. The minimum absolute atomic E-state index is 0.220. The van der Waals surface area contributed by atoms with Crippen LogP contribution in [0.4, 0.5) is 0 Å². The molecule has 0 aliphatic carbocycles. The molecule has 2 rings (SSSR count). The highest BCUT2D eigenvalue weighted by molar-refractivity contribution is 6.30. The summed E-state index contributed by atoms with van der Waals surface area (Å²) < 4.78 is 1.49. The molecule has 2 aromatic rings. The molecule has 0 saturated heterocycles. The van der Waals surface area contributed by atoms with Crippen molar-refractivity contribution in [1.82, 2.24) is 19.7 Å². The molecule has 21 heavy (non-hydrogen) atoms. The highest BCUT2D eigenvalue weighted by Gasteiger charge is 2.14. The van der Waals surface area contributed by atoms with E-state index in [9.17, 15) is 4.79 Å². The number of carboxylic acid groups (broad SMARTS) is 1. The van der Waals surface area contributed by atoms with Gasteiger partial charge in [0, 0.05) is 11.6 Å². The zero-order valence-corrected chi connectivity index (χ0v) is 12.9. The predicted molar refractivity (Wildman–Crippen MR) is 80.3 cm³/mol. The van der Waals surface area contributed by atoms with Crippen molar-refractivity contribution < 1.29 is 9.90 Å². The first-order valence-electron chi connectivity index (χ1n) is 6.48. The van der Waals surface area contributed by atoms with Crippen molar-refractivity contribution in [3.05, 3.63) is 40.4 Å². The fraction of sp³-hybridized carbons (Fsp3) is 0.357. The molecule has 0 spiro atoms. The lowest BCUT2D eigenvalue weighted by atomic mass is 10.1. The Morgan fingerprint density at radius 3 is 2.67 bits per heavy atom. The molecule has 112 valence electrons. The number of likely N-dealkylation sites (N-methyl/N-ethyl adjacent to an activating group) is 1. The van der Waals surface area contributed by atoms with E-state index >= 15 is 0 Å². The van der Waals surface area contributed by atoms with Gasteiger partial charge in [-0.3, -0.25) is 0 Å². The summed E-state index contributed by atoms with van der Waals surface area (Å²) in [5.41, 5.74) is 1.78. The van der Waals surface area contributed by atoms with Crippen molar-refractivity contribution in [3.8, 4) is 5.69 Å². The number of benzene rings is 1. The monoisotopic (exact) mass is 308 g/mol. The lowest BCUT2D eigenvalue weighted by Gasteiger charge is -2.11. The van der Waals surface area contributed by atoms with Crippen LogP contribution in [-0.4, -0.2) is 51.4 Å². The van der Waals surface area contributed by atoms with Gasteiger partial charge in [0.1, 0.15) is 5.82 Å². The number of aryl methyl sites for hydroxylation is 1. The van der Waals surface area contributed by atoms with Gasteiger partial charge in [-0.1, -0.05) is 11.6 Å². The fourth-order valence-electron chi connectivity index (χ4n) is 1.98. The molecule has 1 heterocycles. The third kappa shape index (κ3) is 3.80. The number of carboxylic acids is 1. The minimum Gasteiger partial charge on any atom is -0.475 e. The standard InChI is InChI=1S/C14H17ClN4O2/c1-9-16-13(14(20)21)17-19(9)12-7-10(4-5-18(2)3)6-11(15)8-12/h6-8H,4-5H2,1-3H3,(H,20,21). The van der Waals surface area contributed by atoms with Crippen LogP contribution in [-0.2, 0) is 6.42 Å². The number of aromatic nitrogens is 3. The van der Waals surface area contributed by atoms with E-state index in [1.54, 1.807) is 13.0 Å². The molecule has 0 bridgehead atoms. The van der Waals surface area contributed by atoms with Gasteiger partial charge in [-0.25, -0.2) is 14.5 Å². The van der Waals surface area contributed by atoms with Crippen molar-refractivity contribution in [3.63, 3.8) is 0 Å². The van der Waals surface area contributed by atoms with Crippen LogP contribution in [0.1, 0.15) is 22.0 Å². The number of halogens is 1. The van der Waals surface area contributed by atoms with Crippen molar-refractivity contribution in [1.29, 1.82) is 0 Å². The highest BCUT2D eigenvalue weighted by atomic mass is 35.5. The van der Waals surface area contributed by atoms with Gasteiger partial charge in [-0.2, -0.15) is 0 Å². The van der Waals surface area contributed by atoms with Crippen LogP contribution in [0.5, 0.6) is 0 Å². The van der Waals surface area contributed by atoms with Crippen molar-refractivity contribution in [2.45, 2.75) is 13.3 Å². The van der Waals surface area contributed by atoms with Gasteiger partial charge in [0.2, 0.25) is 0 Å². The van der Waals surface area contributed by atoms with Crippen molar-refractivity contribution in [2.75, 3.05) is 20.6 Å². The zero-order valence-electron chi connectivity index (χ0n) is 12.2. The minimum atomic E-state index is -1.15. The molecule has 0 aliphatic heterocycles. The summed E-state index contributed by atoms with van der Waals surface area (Å²) in [6.45, 7) is 2.61. The van der Waals surface area contributed by atoms with E-state index < -0.39 is 5.97 Å². The van der Waals surface area contributed by atoms with Crippen molar-refractivity contribution >= 4 is 17.6 Å². The van der Waals surface area contributed by atoms with Crippen molar-refractivity contribution in [2.24, 2.45) is 0 Å². The first kappa shape index (κ1) is 15.5. The van der Waals surface area contributed by atoms with Crippen LogP contribution in [0.25, 0.3) is 5.69 Å². The molecule has 0 fully saturated rings. The number of nitrogens with zero attached hydrogens (tertiary/aromatic N) is 4. The molecule has 1 N–H and O–H groups in total. The molecule has 0 atom stereocenters. The lowest BCUT2D eigenvalue weighted by molar-refractivity contribution is 0.0683. The number of hydrogen-bond donors (Lipinski definition) is 1. The van der Waals surface area contributed by atoms with E-state index in [1.165, 1.54) is 4.68 Å². The summed E-state index contributed by atoms with van der Waals surface area (Å²) in [7, 11) is 4.01. The highest BCUT2D eigenvalue weighted by Crippen LogP contribution is 2.19. The Morgan fingerprint density at radius 2 is 2.10 bits per heavy atom. The first-order valence-corrected chi connectivity index (χ1v) is 6.86. The van der Waals surface area contributed by atoms with Gasteiger partial charge < -0.3 is 10.0 Å². The third-order valence-electron chi connectivity index (χ3n) is 2.99. The van der Waals surface area contributed by atoms with Gasteiger partial charge in [0.25, 0.3) is 5.82 Å². The normalized spacial score (nSPS) is 11.1. The van der Waals surface area contributed by atoms with Crippen LogP contribution < -0.4 is 0 Å². The molecule has 0 amide bonds. The van der Waals surface area contributed by atoms with E-state index in [1.807, 2.05) is 26.2 Å². The van der Waals surface area contributed by atoms with Crippen LogP contribution >= 0.6 is 11.6 Å². The van der Waals surface area contributed by atoms with E-state index in [4.69, 9.17) is 16.7 Å². The maximum Gasteiger partial charge on any atom is 0.375 e. The topological polar surface area (TPSA) is 71.2 Å². The van der Waals surface area contributed by atoms with Crippen LogP contribution in [0.3, 0.4) is 0 Å². The largest absolute Gasteiger partial charge is 0.475 e. The Hall–Kier alpha value is -1.92. The van der Waals surface area contributed by atoms with Crippen LogP contribution in [0.2, 0.25) is 5.02 Å². The van der Waals surface area contributed by atoms with E-state index in [0.717, 1.165) is 18.5 Å². The molecule has 1 aromatic heterocycles. The lowest BCUT2D eigenvalue weighted by Crippen LogP contribution is -2.15. The molecule has 6 nitrogen and oxygen atoms in total. The Kier molecular flexibility index (Phi) is 4.59. The van der Waals surface area contributed by atoms with Gasteiger partial charge in [-0.15, -0.1) is 5.10 Å². The second kappa shape index (κ2) is 6.24. The van der Waals surface area contributed by atoms with Gasteiger partial charge in [-0.05, 0) is 51.2 Å². The number of carbonyl (C=O) groups is 1. The molecule has 0 aliphatic rings. The number of hydrogen-bond acceptors (Lipinski definition) is 4. The third-order valence-corrected chi connectivity index (χ3v) is 3.21. The molecule has 0 radical (unpaired) electrons. The quantitative estimate of drug-likeness (QED) is 0.915. The average molecular weight is 309 g/mol. The Labute approximate surface area is 128 Å². The summed E-state index contributed by atoms with van der Waals surface area (Å²) in [4.78, 5) is 16.9. The Morgan fingerprint density at radius 1 is 1.38 bits per heavy atom. The summed E-state index contributed by atoms with van der Waals surface area (Å²) in [6.07, 6.45) is 0.847. The van der Waals surface area contributed by atoms with E-state index in [0.29, 0.717) is 16.5 Å². The van der Waals surface area contributed by atoms with Gasteiger partial charge in [0.15, 0.2) is 0 Å². The summed E-state index contributed by atoms with van der Waals surface area (Å²) >= 11 is 6.15. The molecule has 7 heteroatoms. The number of aromatic carboxylic acids is 1.